The maximum Gasteiger partial charge on any atom is 0.239 e. The molecule has 6 heteroatoms. The van der Waals surface area contributed by atoms with Crippen LogP contribution in [-0.2, 0) is 10.2 Å². The summed E-state index contributed by atoms with van der Waals surface area (Å²) < 4.78 is 0. The van der Waals surface area contributed by atoms with Crippen molar-refractivity contribution in [3.8, 4) is 0 Å². The minimum Gasteiger partial charge on any atom is -0.355 e. The molecule has 1 amide bonds. The average Bonchev–Trinajstić information content (AvgIpc) is 2.27. The first-order valence-electron chi connectivity index (χ1n) is 6.27. The second-order valence-corrected chi connectivity index (χ2v) is 5.82. The van der Waals surface area contributed by atoms with Crippen LogP contribution < -0.4 is 10.2 Å². The van der Waals surface area contributed by atoms with Crippen molar-refractivity contribution in [2.75, 3.05) is 25.0 Å². The molecule has 0 aliphatic heterocycles. The first-order chi connectivity index (χ1) is 8.74. The van der Waals surface area contributed by atoms with Crippen molar-refractivity contribution >= 4 is 23.3 Å². The zero-order chi connectivity index (χ0) is 14.6. The monoisotopic (exact) mass is 284 g/mol. The number of aromatic nitrogens is 2. The Bertz CT molecular complexity index is 456. The van der Waals surface area contributed by atoms with Crippen LogP contribution in [0.1, 0.15) is 33.5 Å². The van der Waals surface area contributed by atoms with Gasteiger partial charge in [0.15, 0.2) is 0 Å². The van der Waals surface area contributed by atoms with Crippen molar-refractivity contribution in [3.63, 3.8) is 0 Å². The zero-order valence-electron chi connectivity index (χ0n) is 12.1. The van der Waals surface area contributed by atoms with Crippen LogP contribution in [0.25, 0.3) is 0 Å². The summed E-state index contributed by atoms with van der Waals surface area (Å²) in [5.74, 6) is 1.27. The molecule has 1 aromatic rings. The van der Waals surface area contributed by atoms with Crippen molar-refractivity contribution in [1.82, 2.24) is 15.3 Å². The SMILES string of the molecule is CCNC(=O)CN(C)c1cc(Cl)nc(C(C)(C)C)n1. The smallest absolute Gasteiger partial charge is 0.239 e. The fourth-order valence-electron chi connectivity index (χ4n) is 1.49. The van der Waals surface area contributed by atoms with Crippen LogP contribution in [0.2, 0.25) is 5.15 Å². The highest BCUT2D eigenvalue weighted by molar-refractivity contribution is 6.29. The van der Waals surface area contributed by atoms with E-state index in [1.54, 1.807) is 18.0 Å². The van der Waals surface area contributed by atoms with Gasteiger partial charge in [-0.3, -0.25) is 4.79 Å². The molecule has 0 aromatic carbocycles. The van der Waals surface area contributed by atoms with E-state index in [0.29, 0.717) is 23.3 Å². The number of carbonyl (C=O) groups excluding carboxylic acids is 1. The molecule has 0 atom stereocenters. The Morgan fingerprint density at radius 2 is 2.05 bits per heavy atom. The molecule has 19 heavy (non-hydrogen) atoms. The van der Waals surface area contributed by atoms with Gasteiger partial charge in [-0.15, -0.1) is 0 Å². The normalized spacial score (nSPS) is 11.3. The summed E-state index contributed by atoms with van der Waals surface area (Å²) >= 11 is 6.02. The summed E-state index contributed by atoms with van der Waals surface area (Å²) in [5.41, 5.74) is -0.188. The van der Waals surface area contributed by atoms with E-state index in [4.69, 9.17) is 11.6 Å². The van der Waals surface area contributed by atoms with Gasteiger partial charge in [0.05, 0.1) is 6.54 Å². The van der Waals surface area contributed by atoms with Gasteiger partial charge in [-0.2, -0.15) is 0 Å². The van der Waals surface area contributed by atoms with E-state index in [-0.39, 0.29) is 17.9 Å². The zero-order valence-corrected chi connectivity index (χ0v) is 12.9. The van der Waals surface area contributed by atoms with Gasteiger partial charge in [0.1, 0.15) is 16.8 Å². The van der Waals surface area contributed by atoms with E-state index >= 15 is 0 Å². The van der Waals surface area contributed by atoms with Crippen molar-refractivity contribution in [2.24, 2.45) is 0 Å². The predicted octanol–water partition coefficient (Wildman–Crippen LogP) is 2.00. The van der Waals surface area contributed by atoms with Crippen LogP contribution in [0.15, 0.2) is 6.07 Å². The van der Waals surface area contributed by atoms with Gasteiger partial charge in [0.2, 0.25) is 5.91 Å². The average molecular weight is 285 g/mol. The largest absolute Gasteiger partial charge is 0.355 e. The van der Waals surface area contributed by atoms with Crippen molar-refractivity contribution < 1.29 is 4.79 Å². The first-order valence-corrected chi connectivity index (χ1v) is 6.64. The molecule has 0 spiro atoms. The highest BCUT2D eigenvalue weighted by atomic mass is 35.5. The number of likely N-dealkylation sites (N-methyl/N-ethyl adjacent to an activating group) is 2. The highest BCUT2D eigenvalue weighted by Gasteiger charge is 2.20. The van der Waals surface area contributed by atoms with Crippen LogP contribution in [0, 0.1) is 0 Å². The Morgan fingerprint density at radius 3 is 2.58 bits per heavy atom. The van der Waals surface area contributed by atoms with Gasteiger partial charge in [-0.05, 0) is 6.92 Å². The van der Waals surface area contributed by atoms with Crippen molar-refractivity contribution in [3.05, 3.63) is 17.0 Å². The maximum atomic E-state index is 11.6. The summed E-state index contributed by atoms with van der Waals surface area (Å²) in [5, 5.41) is 3.14. The van der Waals surface area contributed by atoms with E-state index in [9.17, 15) is 4.79 Å². The Hall–Kier alpha value is -1.36. The summed E-state index contributed by atoms with van der Waals surface area (Å²) in [7, 11) is 1.81. The molecule has 0 saturated heterocycles. The topological polar surface area (TPSA) is 58.1 Å². The van der Waals surface area contributed by atoms with Crippen molar-refractivity contribution in [2.45, 2.75) is 33.1 Å². The van der Waals surface area contributed by atoms with Gasteiger partial charge < -0.3 is 10.2 Å². The Morgan fingerprint density at radius 1 is 1.42 bits per heavy atom. The van der Waals surface area contributed by atoms with Crippen LogP contribution in [0.3, 0.4) is 0 Å². The van der Waals surface area contributed by atoms with E-state index in [1.165, 1.54) is 0 Å². The Balaban J connectivity index is 2.94. The fraction of sp³-hybridized carbons (Fsp3) is 0.615. The molecule has 0 aliphatic carbocycles. The predicted molar refractivity (Wildman–Crippen MR) is 77.7 cm³/mol. The van der Waals surface area contributed by atoms with Gasteiger partial charge in [-0.1, -0.05) is 32.4 Å². The number of anilines is 1. The number of nitrogens with zero attached hydrogens (tertiary/aromatic N) is 3. The van der Waals surface area contributed by atoms with Crippen LogP contribution in [0.5, 0.6) is 0 Å². The van der Waals surface area contributed by atoms with Crippen molar-refractivity contribution in [1.29, 1.82) is 0 Å². The van der Waals surface area contributed by atoms with E-state index < -0.39 is 0 Å². The lowest BCUT2D eigenvalue weighted by Crippen LogP contribution is -2.35. The number of carbonyl (C=O) groups is 1. The molecule has 0 saturated carbocycles. The minimum atomic E-state index is -0.188. The molecular weight excluding hydrogens is 264 g/mol. The molecule has 0 bridgehead atoms. The molecule has 106 valence electrons. The molecule has 5 nitrogen and oxygen atoms in total. The highest BCUT2D eigenvalue weighted by Crippen LogP contribution is 2.23. The summed E-state index contributed by atoms with van der Waals surface area (Å²) in [6.45, 7) is 8.80. The number of halogens is 1. The standard InChI is InChI=1S/C13H21ClN4O/c1-6-15-11(19)8-18(5)10-7-9(14)16-12(17-10)13(2,3)4/h7H,6,8H2,1-5H3,(H,15,19). The van der Waals surface area contributed by atoms with Gasteiger partial charge in [0, 0.05) is 25.1 Å². The molecule has 0 unspecified atom stereocenters. The molecule has 1 aromatic heterocycles. The van der Waals surface area contributed by atoms with Crippen LogP contribution >= 0.6 is 11.6 Å². The van der Waals surface area contributed by atoms with E-state index in [0.717, 1.165) is 0 Å². The minimum absolute atomic E-state index is 0.0444. The molecule has 0 fully saturated rings. The third-order valence-electron chi connectivity index (χ3n) is 2.50. The lowest BCUT2D eigenvalue weighted by atomic mass is 9.96. The second kappa shape index (κ2) is 6.19. The number of nitrogens with one attached hydrogen (secondary N) is 1. The molecule has 0 aliphatic rings. The third-order valence-corrected chi connectivity index (χ3v) is 2.69. The number of rotatable bonds is 4. The quantitative estimate of drug-likeness (QED) is 0.859. The molecular formula is C13H21ClN4O. The third kappa shape index (κ3) is 4.67. The van der Waals surface area contributed by atoms with Crippen LogP contribution in [0.4, 0.5) is 5.82 Å². The Kier molecular flexibility index (Phi) is 5.11. The molecule has 1 rings (SSSR count). The first kappa shape index (κ1) is 15.7. The summed E-state index contributed by atoms with van der Waals surface area (Å²) in [6, 6.07) is 1.66. The van der Waals surface area contributed by atoms with Gasteiger partial charge in [-0.25, -0.2) is 9.97 Å². The molecule has 0 radical (unpaired) electrons. The lowest BCUT2D eigenvalue weighted by molar-refractivity contribution is -0.119. The Labute approximate surface area is 119 Å². The van der Waals surface area contributed by atoms with Gasteiger partial charge >= 0.3 is 0 Å². The number of amides is 1. The maximum absolute atomic E-state index is 11.6. The number of hydrogen-bond donors (Lipinski definition) is 1. The molecule has 1 N–H and O–H groups in total. The van der Waals surface area contributed by atoms with E-state index in [1.807, 2.05) is 27.7 Å². The lowest BCUT2D eigenvalue weighted by Gasteiger charge is -2.22. The van der Waals surface area contributed by atoms with Crippen LogP contribution in [-0.4, -0.2) is 36.0 Å². The van der Waals surface area contributed by atoms with Gasteiger partial charge in [0.25, 0.3) is 0 Å². The number of hydrogen-bond acceptors (Lipinski definition) is 4. The molecule has 1 heterocycles. The second-order valence-electron chi connectivity index (χ2n) is 5.43. The van der Waals surface area contributed by atoms with E-state index in [2.05, 4.69) is 15.3 Å². The summed E-state index contributed by atoms with van der Waals surface area (Å²) in [4.78, 5) is 22.0. The summed E-state index contributed by atoms with van der Waals surface area (Å²) in [6.07, 6.45) is 0. The fourth-order valence-corrected chi connectivity index (χ4v) is 1.66.